The maximum Gasteiger partial charge on any atom is 0.0971 e. The number of hydrogen-bond donors (Lipinski definition) is 0. The third-order valence-electron chi connectivity index (χ3n) is 2.95. The quantitative estimate of drug-likeness (QED) is 0.432. The minimum absolute atomic E-state index is 1.18. The molecular formula is C10H20N+. The Morgan fingerprint density at radius 3 is 2.36 bits per heavy atom. The van der Waals surface area contributed by atoms with Crippen molar-refractivity contribution < 1.29 is 4.48 Å². The van der Waals surface area contributed by atoms with Gasteiger partial charge >= 0.3 is 0 Å². The summed E-state index contributed by atoms with van der Waals surface area (Å²) in [5, 5.41) is 0. The molecule has 0 atom stereocenters. The van der Waals surface area contributed by atoms with Crippen molar-refractivity contribution in [1.29, 1.82) is 0 Å². The Bertz CT molecular complexity index is 123. The van der Waals surface area contributed by atoms with Gasteiger partial charge in [-0.15, -0.1) is 0 Å². The zero-order valence-corrected chi connectivity index (χ0v) is 7.68. The Morgan fingerprint density at radius 1 is 1.27 bits per heavy atom. The summed E-state index contributed by atoms with van der Waals surface area (Å²) in [5.41, 5.74) is 0. The first kappa shape index (κ1) is 8.79. The molecule has 0 aromatic carbocycles. The van der Waals surface area contributed by atoms with Gasteiger partial charge in [0.25, 0.3) is 0 Å². The largest absolute Gasteiger partial charge is 0.321 e. The third kappa shape index (κ3) is 2.06. The maximum atomic E-state index is 3.83. The van der Waals surface area contributed by atoms with E-state index in [1.54, 1.807) is 0 Å². The number of piperidine rings is 1. The van der Waals surface area contributed by atoms with Crippen molar-refractivity contribution in [2.45, 2.75) is 26.2 Å². The Balaban J connectivity index is 2.49. The van der Waals surface area contributed by atoms with Crippen LogP contribution in [0, 0.1) is 0 Å². The van der Waals surface area contributed by atoms with Crippen LogP contribution in [-0.4, -0.2) is 30.7 Å². The smallest absolute Gasteiger partial charge is 0.0971 e. The topological polar surface area (TPSA) is 0 Å². The van der Waals surface area contributed by atoms with Crippen LogP contribution >= 0.6 is 0 Å². The van der Waals surface area contributed by atoms with Gasteiger partial charge in [0, 0.05) is 0 Å². The first-order valence-corrected chi connectivity index (χ1v) is 4.79. The number of nitrogens with zero attached hydrogens (tertiary/aromatic N) is 1. The van der Waals surface area contributed by atoms with E-state index in [4.69, 9.17) is 0 Å². The molecule has 1 aliphatic heterocycles. The van der Waals surface area contributed by atoms with Crippen molar-refractivity contribution in [2.75, 3.05) is 26.2 Å². The number of hydrogen-bond acceptors (Lipinski definition) is 0. The molecule has 1 heteroatoms. The minimum atomic E-state index is 1.18. The van der Waals surface area contributed by atoms with Crippen molar-refractivity contribution >= 4 is 0 Å². The molecule has 11 heavy (non-hydrogen) atoms. The van der Waals surface area contributed by atoms with E-state index in [0.717, 1.165) is 0 Å². The molecular weight excluding hydrogens is 134 g/mol. The molecule has 1 rings (SSSR count). The second-order valence-electron chi connectivity index (χ2n) is 3.64. The third-order valence-corrected chi connectivity index (χ3v) is 2.95. The molecule has 0 aromatic heterocycles. The van der Waals surface area contributed by atoms with Crippen molar-refractivity contribution in [3.05, 3.63) is 12.7 Å². The van der Waals surface area contributed by atoms with E-state index in [9.17, 15) is 0 Å². The molecule has 1 fully saturated rings. The Morgan fingerprint density at radius 2 is 1.91 bits per heavy atom. The number of likely N-dealkylation sites (N-methyl/N-ethyl adjacent to an activating group) is 1. The summed E-state index contributed by atoms with van der Waals surface area (Å²) >= 11 is 0. The fourth-order valence-corrected chi connectivity index (χ4v) is 2.08. The predicted octanol–water partition coefficient (Wildman–Crippen LogP) is 2.19. The molecule has 0 amide bonds. The highest BCUT2D eigenvalue weighted by atomic mass is 15.3. The van der Waals surface area contributed by atoms with E-state index >= 15 is 0 Å². The molecule has 0 bridgehead atoms. The van der Waals surface area contributed by atoms with E-state index in [0.29, 0.717) is 0 Å². The summed E-state index contributed by atoms with van der Waals surface area (Å²) < 4.78 is 1.30. The summed E-state index contributed by atoms with van der Waals surface area (Å²) in [6.07, 6.45) is 6.36. The van der Waals surface area contributed by atoms with E-state index in [1.165, 1.54) is 49.9 Å². The van der Waals surface area contributed by atoms with Crippen LogP contribution in [-0.2, 0) is 0 Å². The van der Waals surface area contributed by atoms with Crippen LogP contribution in [0.4, 0.5) is 0 Å². The molecule has 0 aromatic rings. The van der Waals surface area contributed by atoms with Crippen LogP contribution in [0.15, 0.2) is 12.7 Å². The van der Waals surface area contributed by atoms with Gasteiger partial charge in [0.1, 0.15) is 0 Å². The lowest BCUT2D eigenvalue weighted by molar-refractivity contribution is -0.925. The highest BCUT2D eigenvalue weighted by Crippen LogP contribution is 2.17. The molecule has 0 spiro atoms. The van der Waals surface area contributed by atoms with Gasteiger partial charge in [-0.3, -0.25) is 0 Å². The van der Waals surface area contributed by atoms with Gasteiger partial charge in [-0.2, -0.15) is 0 Å². The van der Waals surface area contributed by atoms with Gasteiger partial charge in [-0.05, 0) is 32.3 Å². The van der Waals surface area contributed by atoms with E-state index in [1.807, 2.05) is 0 Å². The van der Waals surface area contributed by atoms with Crippen molar-refractivity contribution in [1.82, 2.24) is 0 Å². The summed E-state index contributed by atoms with van der Waals surface area (Å²) in [4.78, 5) is 0. The second kappa shape index (κ2) is 3.91. The Kier molecular flexibility index (Phi) is 3.13. The molecule has 0 radical (unpaired) electrons. The zero-order valence-electron chi connectivity index (χ0n) is 7.68. The zero-order chi connectivity index (χ0) is 8.16. The summed E-state index contributed by atoms with van der Waals surface area (Å²) in [5.74, 6) is 0. The fraction of sp³-hybridized carbons (Fsp3) is 0.800. The molecule has 0 unspecified atom stereocenters. The molecule has 1 aliphatic rings. The molecule has 1 saturated heterocycles. The first-order chi connectivity index (χ1) is 5.33. The van der Waals surface area contributed by atoms with E-state index in [-0.39, 0.29) is 0 Å². The Hall–Kier alpha value is -0.300. The Labute approximate surface area is 70.3 Å². The molecule has 0 aliphatic carbocycles. The normalized spacial score (nSPS) is 23.0. The highest BCUT2D eigenvalue weighted by Gasteiger charge is 2.25. The summed E-state index contributed by atoms with van der Waals surface area (Å²) in [7, 11) is 0. The summed E-state index contributed by atoms with van der Waals surface area (Å²) in [6, 6.07) is 0. The van der Waals surface area contributed by atoms with E-state index < -0.39 is 0 Å². The lowest BCUT2D eigenvalue weighted by Crippen LogP contribution is -2.51. The average Bonchev–Trinajstić information content (AvgIpc) is 2.07. The fourth-order valence-electron chi connectivity index (χ4n) is 2.08. The molecule has 0 N–H and O–H groups in total. The second-order valence-corrected chi connectivity index (χ2v) is 3.64. The van der Waals surface area contributed by atoms with Gasteiger partial charge < -0.3 is 4.48 Å². The van der Waals surface area contributed by atoms with Crippen molar-refractivity contribution in [3.63, 3.8) is 0 Å². The predicted molar refractivity (Wildman–Crippen MR) is 49.5 cm³/mol. The highest BCUT2D eigenvalue weighted by molar-refractivity contribution is 4.67. The van der Waals surface area contributed by atoms with Crippen LogP contribution in [0.2, 0.25) is 0 Å². The number of quaternary nitrogens is 1. The standard InChI is InChI=1S/C10H20N/c1-3-8-11(4-2)9-6-5-7-10-11/h3H,1,4-10H2,2H3/q+1. The van der Waals surface area contributed by atoms with Crippen LogP contribution < -0.4 is 0 Å². The SMILES string of the molecule is C=CC[N+]1(CC)CCCCC1. The average molecular weight is 154 g/mol. The summed E-state index contributed by atoms with van der Waals surface area (Å²) in [6.45, 7) is 11.3. The number of rotatable bonds is 3. The molecule has 1 heterocycles. The van der Waals surface area contributed by atoms with Gasteiger partial charge in [-0.25, -0.2) is 0 Å². The van der Waals surface area contributed by atoms with Crippen LogP contribution in [0.5, 0.6) is 0 Å². The lowest BCUT2D eigenvalue weighted by Gasteiger charge is -2.39. The maximum absolute atomic E-state index is 3.83. The van der Waals surface area contributed by atoms with Gasteiger partial charge in [0.05, 0.1) is 26.2 Å². The molecule has 64 valence electrons. The first-order valence-electron chi connectivity index (χ1n) is 4.79. The van der Waals surface area contributed by atoms with Crippen LogP contribution in [0.3, 0.4) is 0 Å². The van der Waals surface area contributed by atoms with Gasteiger partial charge in [0.2, 0.25) is 0 Å². The van der Waals surface area contributed by atoms with Crippen molar-refractivity contribution in [2.24, 2.45) is 0 Å². The number of likely N-dealkylation sites (tertiary alicyclic amines) is 1. The van der Waals surface area contributed by atoms with Gasteiger partial charge in [-0.1, -0.05) is 6.58 Å². The molecule has 1 nitrogen and oxygen atoms in total. The van der Waals surface area contributed by atoms with Crippen molar-refractivity contribution in [3.8, 4) is 0 Å². The lowest BCUT2D eigenvalue weighted by atomic mass is 10.1. The van der Waals surface area contributed by atoms with Gasteiger partial charge in [0.15, 0.2) is 0 Å². The minimum Gasteiger partial charge on any atom is -0.321 e. The van der Waals surface area contributed by atoms with Crippen LogP contribution in [0.1, 0.15) is 26.2 Å². The van der Waals surface area contributed by atoms with Crippen LogP contribution in [0.25, 0.3) is 0 Å². The monoisotopic (exact) mass is 154 g/mol. The molecule has 0 saturated carbocycles. The van der Waals surface area contributed by atoms with E-state index in [2.05, 4.69) is 19.6 Å².